The first kappa shape index (κ1) is 16.7. The van der Waals surface area contributed by atoms with Crippen LogP contribution in [0.2, 0.25) is 0 Å². The number of ether oxygens (including phenoxy) is 1. The number of aromatic nitrogens is 1. The Morgan fingerprint density at radius 2 is 2.00 bits per heavy atom. The van der Waals surface area contributed by atoms with Gasteiger partial charge in [0.25, 0.3) is 5.91 Å². The van der Waals surface area contributed by atoms with Gasteiger partial charge >= 0.3 is 0 Å². The van der Waals surface area contributed by atoms with Gasteiger partial charge in [0, 0.05) is 30.6 Å². The fourth-order valence-corrected chi connectivity index (χ4v) is 3.33. The van der Waals surface area contributed by atoms with Gasteiger partial charge in [-0.1, -0.05) is 18.2 Å². The molecule has 1 amide bonds. The molecule has 0 atom stereocenters. The van der Waals surface area contributed by atoms with Gasteiger partial charge in [0.2, 0.25) is 0 Å². The van der Waals surface area contributed by atoms with E-state index < -0.39 is 0 Å². The van der Waals surface area contributed by atoms with E-state index in [2.05, 4.69) is 29.0 Å². The number of amides is 1. The first-order chi connectivity index (χ1) is 11.6. The van der Waals surface area contributed by atoms with Crippen LogP contribution in [0.15, 0.2) is 30.5 Å². The summed E-state index contributed by atoms with van der Waals surface area (Å²) in [6.45, 7) is 6.48. The molecule has 1 fully saturated rings. The maximum atomic E-state index is 12.9. The van der Waals surface area contributed by atoms with Crippen molar-refractivity contribution < 1.29 is 9.53 Å². The lowest BCUT2D eigenvalue weighted by Crippen LogP contribution is -2.46. The Hall–Kier alpha value is -2.14. The third-order valence-corrected chi connectivity index (χ3v) is 4.78. The van der Waals surface area contributed by atoms with Crippen LogP contribution in [0.4, 0.5) is 0 Å². The number of pyridine rings is 1. The molecule has 24 heavy (non-hydrogen) atoms. The van der Waals surface area contributed by atoms with Crippen molar-refractivity contribution in [2.24, 2.45) is 0 Å². The van der Waals surface area contributed by atoms with E-state index >= 15 is 0 Å². The zero-order chi connectivity index (χ0) is 17.1. The highest BCUT2D eigenvalue weighted by Gasteiger charge is 2.24. The minimum absolute atomic E-state index is 0.0755. The van der Waals surface area contributed by atoms with Crippen LogP contribution in [0, 0.1) is 0 Å². The summed E-state index contributed by atoms with van der Waals surface area (Å²) >= 11 is 0. The van der Waals surface area contributed by atoms with Gasteiger partial charge in [0.05, 0.1) is 24.4 Å². The van der Waals surface area contributed by atoms with Gasteiger partial charge in [0.15, 0.2) is 5.75 Å². The van der Waals surface area contributed by atoms with Gasteiger partial charge < -0.3 is 15.0 Å². The minimum Gasteiger partial charge on any atom is -0.494 e. The molecule has 128 valence electrons. The molecule has 0 radical (unpaired) electrons. The number of hydrogen-bond acceptors (Lipinski definition) is 4. The molecule has 2 heterocycles. The summed E-state index contributed by atoms with van der Waals surface area (Å²) in [6, 6.07) is 8.44. The Bertz CT molecular complexity index is 722. The zero-order valence-corrected chi connectivity index (χ0v) is 14.6. The second-order valence-electron chi connectivity index (χ2n) is 6.60. The molecule has 1 saturated heterocycles. The molecule has 1 aromatic carbocycles. The molecule has 3 rings (SSSR count). The Labute approximate surface area is 143 Å². The molecule has 1 aliphatic heterocycles. The van der Waals surface area contributed by atoms with E-state index in [9.17, 15) is 4.79 Å². The van der Waals surface area contributed by atoms with Crippen LogP contribution in [0.25, 0.3) is 10.9 Å². The number of para-hydroxylation sites is 1. The maximum absolute atomic E-state index is 12.9. The van der Waals surface area contributed by atoms with Crippen molar-refractivity contribution in [1.82, 2.24) is 15.2 Å². The number of methoxy groups -OCH3 is 1. The third-order valence-electron chi connectivity index (χ3n) is 4.78. The molecule has 0 saturated carbocycles. The molecule has 1 aliphatic rings. The number of likely N-dealkylation sites (tertiary alicyclic amines) is 1. The standard InChI is InChI=1S/C19H25N3O2/c1-13(2)22-10-8-14(9-11-22)21-19(23)18-15-6-4-5-7-16(15)20-12-17(18)24-3/h4-7,12-14H,8-11H2,1-3H3,(H,21,23). The first-order valence-electron chi connectivity index (χ1n) is 8.56. The van der Waals surface area contributed by atoms with Crippen molar-refractivity contribution in [3.05, 3.63) is 36.0 Å². The quantitative estimate of drug-likeness (QED) is 0.938. The lowest BCUT2D eigenvalue weighted by molar-refractivity contribution is 0.0899. The molecule has 5 nitrogen and oxygen atoms in total. The Balaban J connectivity index is 1.79. The van der Waals surface area contributed by atoms with E-state index in [1.807, 2.05) is 24.3 Å². The number of hydrogen-bond donors (Lipinski definition) is 1. The largest absolute Gasteiger partial charge is 0.494 e. The van der Waals surface area contributed by atoms with Crippen LogP contribution >= 0.6 is 0 Å². The molecule has 0 aliphatic carbocycles. The number of nitrogens with one attached hydrogen (secondary N) is 1. The zero-order valence-electron chi connectivity index (χ0n) is 14.6. The summed E-state index contributed by atoms with van der Waals surface area (Å²) in [6.07, 6.45) is 3.59. The molecule has 1 aromatic heterocycles. The second kappa shape index (κ2) is 7.18. The summed E-state index contributed by atoms with van der Waals surface area (Å²) in [4.78, 5) is 19.7. The van der Waals surface area contributed by atoms with Gasteiger partial charge in [-0.3, -0.25) is 9.78 Å². The molecule has 1 N–H and O–H groups in total. The van der Waals surface area contributed by atoms with E-state index in [0.717, 1.165) is 36.8 Å². The van der Waals surface area contributed by atoms with Gasteiger partial charge in [-0.05, 0) is 32.8 Å². The molecule has 5 heteroatoms. The third kappa shape index (κ3) is 3.36. The van der Waals surface area contributed by atoms with Crippen molar-refractivity contribution in [3.63, 3.8) is 0 Å². The topological polar surface area (TPSA) is 54.5 Å². The number of benzene rings is 1. The smallest absolute Gasteiger partial charge is 0.256 e. The Kier molecular flexibility index (Phi) is 5.00. The van der Waals surface area contributed by atoms with Crippen molar-refractivity contribution in [2.45, 2.75) is 38.8 Å². The summed E-state index contributed by atoms with van der Waals surface area (Å²) in [5.41, 5.74) is 1.38. The average molecular weight is 327 g/mol. The van der Waals surface area contributed by atoms with Crippen molar-refractivity contribution >= 4 is 16.8 Å². The van der Waals surface area contributed by atoms with Crippen molar-refractivity contribution in [3.8, 4) is 5.75 Å². The van der Waals surface area contributed by atoms with Gasteiger partial charge in [-0.2, -0.15) is 0 Å². The monoisotopic (exact) mass is 327 g/mol. The van der Waals surface area contributed by atoms with Crippen LogP contribution in [0.3, 0.4) is 0 Å². The predicted molar refractivity (Wildman–Crippen MR) is 95.5 cm³/mol. The SMILES string of the molecule is COc1cnc2ccccc2c1C(=O)NC1CCN(C(C)C)CC1. The fraction of sp³-hybridized carbons (Fsp3) is 0.474. The number of nitrogens with zero attached hydrogens (tertiary/aromatic N) is 2. The van der Waals surface area contributed by atoms with Crippen LogP contribution < -0.4 is 10.1 Å². The molecule has 0 unspecified atom stereocenters. The van der Waals surface area contributed by atoms with Crippen molar-refractivity contribution in [1.29, 1.82) is 0 Å². The fourth-order valence-electron chi connectivity index (χ4n) is 3.33. The molecular formula is C19H25N3O2. The number of fused-ring (bicyclic) bond motifs is 1. The summed E-state index contributed by atoms with van der Waals surface area (Å²) in [5.74, 6) is 0.444. The van der Waals surface area contributed by atoms with E-state index in [-0.39, 0.29) is 11.9 Å². The van der Waals surface area contributed by atoms with Crippen molar-refractivity contribution in [2.75, 3.05) is 20.2 Å². The number of piperidine rings is 1. The Morgan fingerprint density at radius 1 is 1.29 bits per heavy atom. The van der Waals surface area contributed by atoms with Crippen LogP contribution in [0.5, 0.6) is 5.75 Å². The normalized spacial score (nSPS) is 16.5. The lowest BCUT2D eigenvalue weighted by Gasteiger charge is -2.34. The number of carbonyl (C=O) groups is 1. The summed E-state index contributed by atoms with van der Waals surface area (Å²) in [7, 11) is 1.57. The van der Waals surface area contributed by atoms with E-state index in [1.165, 1.54) is 0 Å². The second-order valence-corrected chi connectivity index (χ2v) is 6.60. The van der Waals surface area contributed by atoms with Gasteiger partial charge in [0.1, 0.15) is 0 Å². The highest BCUT2D eigenvalue weighted by molar-refractivity contribution is 6.08. The Morgan fingerprint density at radius 3 is 2.67 bits per heavy atom. The summed E-state index contributed by atoms with van der Waals surface area (Å²) in [5, 5.41) is 4.02. The summed E-state index contributed by atoms with van der Waals surface area (Å²) < 4.78 is 5.38. The molecule has 0 bridgehead atoms. The maximum Gasteiger partial charge on any atom is 0.256 e. The first-order valence-corrected chi connectivity index (χ1v) is 8.56. The van der Waals surface area contributed by atoms with Gasteiger partial charge in [-0.25, -0.2) is 0 Å². The van der Waals surface area contributed by atoms with Crippen LogP contribution in [0.1, 0.15) is 37.0 Å². The lowest BCUT2D eigenvalue weighted by atomic mass is 10.0. The predicted octanol–water partition coefficient (Wildman–Crippen LogP) is 2.85. The van der Waals surface area contributed by atoms with E-state index in [4.69, 9.17) is 4.74 Å². The van der Waals surface area contributed by atoms with Crippen LogP contribution in [-0.4, -0.2) is 48.1 Å². The minimum atomic E-state index is -0.0755. The highest BCUT2D eigenvalue weighted by Crippen LogP contribution is 2.26. The van der Waals surface area contributed by atoms with Crippen LogP contribution in [-0.2, 0) is 0 Å². The highest BCUT2D eigenvalue weighted by atomic mass is 16.5. The molecule has 0 spiro atoms. The van der Waals surface area contributed by atoms with E-state index in [0.29, 0.717) is 17.4 Å². The number of carbonyl (C=O) groups excluding carboxylic acids is 1. The van der Waals surface area contributed by atoms with Gasteiger partial charge in [-0.15, -0.1) is 0 Å². The number of rotatable bonds is 4. The van der Waals surface area contributed by atoms with E-state index in [1.54, 1.807) is 13.3 Å². The average Bonchev–Trinajstić information content (AvgIpc) is 2.61. The molecular weight excluding hydrogens is 302 g/mol. The molecule has 2 aromatic rings.